The summed E-state index contributed by atoms with van der Waals surface area (Å²) in [4.78, 5) is 29.2. The molecule has 1 aliphatic carbocycles. The zero-order valence-electron chi connectivity index (χ0n) is 11.1. The molecule has 1 heterocycles. The summed E-state index contributed by atoms with van der Waals surface area (Å²) in [7, 11) is 0. The molecule has 102 valence electrons. The summed E-state index contributed by atoms with van der Waals surface area (Å²) in [5.74, 6) is -0.232. The van der Waals surface area contributed by atoms with Gasteiger partial charge < -0.3 is 4.84 Å². The summed E-state index contributed by atoms with van der Waals surface area (Å²) in [5, 5.41) is 3.96. The molecule has 1 aromatic rings. The van der Waals surface area contributed by atoms with Gasteiger partial charge in [-0.2, -0.15) is 0 Å². The van der Waals surface area contributed by atoms with Gasteiger partial charge in [-0.3, -0.25) is 9.59 Å². The molecular weight excluding hydrogens is 254 g/mol. The quantitative estimate of drug-likeness (QED) is 0.626. The summed E-state index contributed by atoms with van der Waals surface area (Å²) in [6, 6.07) is 7.25. The van der Waals surface area contributed by atoms with E-state index in [1.807, 2.05) is 12.1 Å². The highest BCUT2D eigenvalue weighted by Gasteiger charge is 2.22. The second-order valence-corrected chi connectivity index (χ2v) is 4.96. The number of hydrogen-bond acceptors (Lipinski definition) is 4. The number of hydrogen-bond donors (Lipinski definition) is 0. The van der Waals surface area contributed by atoms with Crippen LogP contribution in [0.1, 0.15) is 41.6 Å². The fourth-order valence-electron chi connectivity index (χ4n) is 2.48. The predicted octanol–water partition coefficient (Wildman–Crippen LogP) is 2.67. The van der Waals surface area contributed by atoms with Gasteiger partial charge in [0.15, 0.2) is 11.6 Å². The van der Waals surface area contributed by atoms with Crippen molar-refractivity contribution in [3.05, 3.63) is 47.0 Å². The van der Waals surface area contributed by atoms with E-state index in [0.29, 0.717) is 24.2 Å². The van der Waals surface area contributed by atoms with E-state index in [-0.39, 0.29) is 11.6 Å². The van der Waals surface area contributed by atoms with Crippen molar-refractivity contribution >= 4 is 17.3 Å². The molecule has 0 spiro atoms. The van der Waals surface area contributed by atoms with Crippen molar-refractivity contribution < 1.29 is 14.4 Å². The number of benzene rings is 1. The van der Waals surface area contributed by atoms with Gasteiger partial charge in [0.25, 0.3) is 0 Å². The zero-order chi connectivity index (χ0) is 13.9. The van der Waals surface area contributed by atoms with Crippen LogP contribution in [0.4, 0.5) is 0 Å². The van der Waals surface area contributed by atoms with Gasteiger partial charge in [0, 0.05) is 24.0 Å². The summed E-state index contributed by atoms with van der Waals surface area (Å²) in [5.41, 5.74) is 2.61. The zero-order valence-corrected chi connectivity index (χ0v) is 11.1. The fraction of sp³-hybridized carbons (Fsp3) is 0.312. The second kappa shape index (κ2) is 5.41. The average Bonchev–Trinajstić information content (AvgIpc) is 3.01. The topological polar surface area (TPSA) is 55.7 Å². The normalized spacial score (nSPS) is 18.3. The number of allylic oxidation sites excluding steroid dienone is 2. The number of nitrogens with zero attached hydrogens (tertiary/aromatic N) is 1. The highest BCUT2D eigenvalue weighted by atomic mass is 16.6. The minimum Gasteiger partial charge on any atom is -0.395 e. The van der Waals surface area contributed by atoms with Gasteiger partial charge in [0.2, 0.25) is 0 Å². The lowest BCUT2D eigenvalue weighted by Gasteiger charge is -2.11. The van der Waals surface area contributed by atoms with Crippen LogP contribution in [0.3, 0.4) is 0 Å². The molecule has 0 fully saturated rings. The van der Waals surface area contributed by atoms with E-state index >= 15 is 0 Å². The number of carbonyl (C=O) groups is 2. The van der Waals surface area contributed by atoms with Crippen LogP contribution in [0, 0.1) is 0 Å². The van der Waals surface area contributed by atoms with Crippen molar-refractivity contribution in [1.29, 1.82) is 0 Å². The van der Waals surface area contributed by atoms with Gasteiger partial charge in [-0.1, -0.05) is 29.4 Å². The first-order valence-corrected chi connectivity index (χ1v) is 6.83. The molecule has 0 N–H and O–H groups in total. The molecule has 3 rings (SSSR count). The van der Waals surface area contributed by atoms with Crippen LogP contribution in [0.2, 0.25) is 0 Å². The van der Waals surface area contributed by atoms with Crippen molar-refractivity contribution in [1.82, 2.24) is 0 Å². The van der Waals surface area contributed by atoms with E-state index in [4.69, 9.17) is 4.84 Å². The smallest absolute Gasteiger partial charge is 0.196 e. The Morgan fingerprint density at radius 2 is 2.15 bits per heavy atom. The van der Waals surface area contributed by atoms with Crippen LogP contribution in [0.25, 0.3) is 0 Å². The minimum atomic E-state index is -0.184. The van der Waals surface area contributed by atoms with Crippen LogP contribution < -0.4 is 0 Å². The number of rotatable bonds is 3. The summed E-state index contributed by atoms with van der Waals surface area (Å²) < 4.78 is 0. The summed E-state index contributed by atoms with van der Waals surface area (Å²) in [6.07, 6.45) is 4.62. The standard InChI is InChI=1S/C16H15NO3/c18-15-7-2-1-6-13(15)16(19)12-5-3-4-11(10-12)14-8-9-20-17-14/h3-6,10H,1-2,7-9H2. The maximum Gasteiger partial charge on any atom is 0.196 e. The molecule has 0 saturated carbocycles. The molecule has 4 heteroatoms. The van der Waals surface area contributed by atoms with Crippen molar-refractivity contribution in [3.8, 4) is 0 Å². The Kier molecular flexibility index (Phi) is 3.46. The van der Waals surface area contributed by atoms with Crippen molar-refractivity contribution in [3.63, 3.8) is 0 Å². The first kappa shape index (κ1) is 12.8. The molecule has 0 atom stereocenters. The lowest BCUT2D eigenvalue weighted by molar-refractivity contribution is -0.115. The highest BCUT2D eigenvalue weighted by Crippen LogP contribution is 2.20. The first-order valence-electron chi connectivity index (χ1n) is 6.83. The molecule has 1 aliphatic heterocycles. The van der Waals surface area contributed by atoms with Gasteiger partial charge >= 0.3 is 0 Å². The third-order valence-electron chi connectivity index (χ3n) is 3.56. The lowest BCUT2D eigenvalue weighted by Crippen LogP contribution is -2.16. The SMILES string of the molecule is O=C1CCCC=C1C(=O)c1cccc(C2=NOCC2)c1. The third kappa shape index (κ3) is 2.41. The molecule has 0 bridgehead atoms. The predicted molar refractivity (Wildman–Crippen MR) is 74.8 cm³/mol. The highest BCUT2D eigenvalue weighted by molar-refractivity contribution is 6.26. The molecule has 0 radical (unpaired) electrons. The Bertz CT molecular complexity index is 628. The monoisotopic (exact) mass is 269 g/mol. The van der Waals surface area contributed by atoms with Crippen molar-refractivity contribution in [2.24, 2.45) is 5.16 Å². The van der Waals surface area contributed by atoms with Gasteiger partial charge in [-0.15, -0.1) is 0 Å². The Morgan fingerprint density at radius 3 is 2.90 bits per heavy atom. The maximum atomic E-state index is 12.4. The van der Waals surface area contributed by atoms with Crippen molar-refractivity contribution in [2.45, 2.75) is 25.7 Å². The van der Waals surface area contributed by atoms with E-state index in [2.05, 4.69) is 5.16 Å². The van der Waals surface area contributed by atoms with Crippen LogP contribution in [-0.4, -0.2) is 23.9 Å². The van der Waals surface area contributed by atoms with E-state index in [0.717, 1.165) is 30.5 Å². The molecular formula is C16H15NO3. The van der Waals surface area contributed by atoms with E-state index in [1.54, 1.807) is 18.2 Å². The molecule has 0 amide bonds. The molecule has 20 heavy (non-hydrogen) atoms. The number of Topliss-reactive ketones (excluding diaryl/α,β-unsaturated/α-hetero) is 2. The third-order valence-corrected chi connectivity index (χ3v) is 3.56. The molecule has 0 aromatic heterocycles. The largest absolute Gasteiger partial charge is 0.395 e. The fourth-order valence-corrected chi connectivity index (χ4v) is 2.48. The Labute approximate surface area is 117 Å². The van der Waals surface area contributed by atoms with Gasteiger partial charge in [-0.25, -0.2) is 0 Å². The van der Waals surface area contributed by atoms with E-state index < -0.39 is 0 Å². The Hall–Kier alpha value is -2.23. The summed E-state index contributed by atoms with van der Waals surface area (Å²) in [6.45, 7) is 0.581. The second-order valence-electron chi connectivity index (χ2n) is 4.96. The van der Waals surface area contributed by atoms with Crippen LogP contribution >= 0.6 is 0 Å². The molecule has 2 aliphatic rings. The van der Waals surface area contributed by atoms with Crippen LogP contribution in [-0.2, 0) is 9.63 Å². The minimum absolute atomic E-state index is 0.0480. The molecule has 0 unspecified atom stereocenters. The Morgan fingerprint density at radius 1 is 1.25 bits per heavy atom. The number of oxime groups is 1. The van der Waals surface area contributed by atoms with E-state index in [9.17, 15) is 9.59 Å². The lowest BCUT2D eigenvalue weighted by atomic mass is 9.91. The Balaban J connectivity index is 1.90. The first-order chi connectivity index (χ1) is 9.75. The number of ketones is 2. The molecule has 4 nitrogen and oxygen atoms in total. The summed E-state index contributed by atoms with van der Waals surface area (Å²) >= 11 is 0. The van der Waals surface area contributed by atoms with Crippen LogP contribution in [0.5, 0.6) is 0 Å². The van der Waals surface area contributed by atoms with Crippen LogP contribution in [0.15, 0.2) is 41.1 Å². The van der Waals surface area contributed by atoms with Crippen molar-refractivity contribution in [2.75, 3.05) is 6.61 Å². The van der Waals surface area contributed by atoms with Gasteiger partial charge in [-0.05, 0) is 18.9 Å². The maximum absolute atomic E-state index is 12.4. The average molecular weight is 269 g/mol. The number of carbonyl (C=O) groups excluding carboxylic acids is 2. The molecule has 0 saturated heterocycles. The van der Waals surface area contributed by atoms with Gasteiger partial charge in [0.1, 0.15) is 6.61 Å². The molecule has 1 aromatic carbocycles. The van der Waals surface area contributed by atoms with Gasteiger partial charge in [0.05, 0.1) is 11.3 Å². The van der Waals surface area contributed by atoms with E-state index in [1.165, 1.54) is 0 Å².